The monoisotopic (exact) mass is 408 g/mol. The number of ether oxygens (including phenoxy) is 1. The van der Waals surface area contributed by atoms with Gasteiger partial charge in [0.2, 0.25) is 0 Å². The summed E-state index contributed by atoms with van der Waals surface area (Å²) in [6, 6.07) is 12.1. The topological polar surface area (TPSA) is 70.6 Å². The lowest BCUT2D eigenvalue weighted by molar-refractivity contribution is -0.121. The fraction of sp³-hybridized carbons (Fsp3) is 0.176. The van der Waals surface area contributed by atoms with Gasteiger partial charge in [-0.25, -0.2) is 0 Å². The molecule has 0 aromatic heterocycles. The van der Waals surface area contributed by atoms with Gasteiger partial charge in [0.25, 0.3) is 5.91 Å². The van der Waals surface area contributed by atoms with Gasteiger partial charge in [-0.1, -0.05) is 13.0 Å². The summed E-state index contributed by atoms with van der Waals surface area (Å²) < 4.78 is 6.29. The van der Waals surface area contributed by atoms with Crippen LogP contribution in [0.5, 0.6) is 11.5 Å². The van der Waals surface area contributed by atoms with Crippen LogP contribution in [-0.2, 0) is 11.2 Å². The van der Waals surface area contributed by atoms with E-state index in [9.17, 15) is 9.90 Å². The summed E-state index contributed by atoms with van der Waals surface area (Å²) in [5, 5.41) is 14.8. The second-order valence-corrected chi connectivity index (χ2v) is 6.22. The van der Waals surface area contributed by atoms with E-state index in [1.165, 1.54) is 17.7 Å². The third-order valence-electron chi connectivity index (χ3n) is 3.14. The number of phenols is 1. The van der Waals surface area contributed by atoms with Gasteiger partial charge >= 0.3 is 0 Å². The Morgan fingerprint density at radius 2 is 1.96 bits per heavy atom. The molecule has 1 amide bonds. The van der Waals surface area contributed by atoms with E-state index in [1.807, 2.05) is 18.2 Å². The zero-order chi connectivity index (χ0) is 17.5. The molecule has 0 saturated carbocycles. The van der Waals surface area contributed by atoms with E-state index < -0.39 is 0 Å². The zero-order valence-corrected chi connectivity index (χ0v) is 15.4. The van der Waals surface area contributed by atoms with Gasteiger partial charge in [-0.15, -0.1) is 0 Å². The van der Waals surface area contributed by atoms with Crippen LogP contribution >= 0.6 is 28.1 Å². The summed E-state index contributed by atoms with van der Waals surface area (Å²) in [4.78, 5) is 11.9. The minimum absolute atomic E-state index is 0.151. The number of hydrogen-bond acceptors (Lipinski definition) is 4. The van der Waals surface area contributed by atoms with E-state index in [0.717, 1.165) is 10.9 Å². The lowest BCUT2D eigenvalue weighted by Crippen LogP contribution is -2.37. The van der Waals surface area contributed by atoms with Crippen LogP contribution in [0, 0.1) is 0 Å². The molecule has 0 unspecified atom stereocenters. The molecule has 126 valence electrons. The van der Waals surface area contributed by atoms with Crippen molar-refractivity contribution in [3.05, 3.63) is 52.5 Å². The van der Waals surface area contributed by atoms with Crippen LogP contribution < -0.4 is 15.4 Å². The van der Waals surface area contributed by atoms with Crippen molar-refractivity contribution in [1.29, 1.82) is 0 Å². The average Bonchev–Trinajstić information content (AvgIpc) is 2.55. The largest absolute Gasteiger partial charge is 0.508 e. The van der Waals surface area contributed by atoms with Crippen molar-refractivity contribution in [3.8, 4) is 11.5 Å². The molecule has 7 heteroatoms. The Labute approximate surface area is 154 Å². The summed E-state index contributed by atoms with van der Waals surface area (Å²) in [5.74, 6) is 0.390. The number of halogens is 1. The highest BCUT2D eigenvalue weighted by molar-refractivity contribution is 9.10. The van der Waals surface area contributed by atoms with Crippen LogP contribution in [-0.4, -0.2) is 22.7 Å². The fourth-order valence-electron chi connectivity index (χ4n) is 1.89. The molecular weight excluding hydrogens is 392 g/mol. The predicted molar refractivity (Wildman–Crippen MR) is 101 cm³/mol. The number of amides is 1. The second-order valence-electron chi connectivity index (χ2n) is 4.96. The number of nitrogens with one attached hydrogen (secondary N) is 2. The molecule has 0 fully saturated rings. The number of anilines is 1. The first-order valence-electron chi connectivity index (χ1n) is 7.29. The Hall–Kier alpha value is -2.12. The molecule has 0 bridgehead atoms. The number of carbonyl (C=O) groups excluding carboxylic acids is 1. The van der Waals surface area contributed by atoms with Gasteiger partial charge in [0.1, 0.15) is 11.5 Å². The highest BCUT2D eigenvalue weighted by Gasteiger charge is 2.08. The number of rotatable bonds is 5. The number of phenolic OH excluding ortho intramolecular Hbond substituents is 1. The molecular formula is C17H17BrN2O3S. The lowest BCUT2D eigenvalue weighted by atomic mass is 10.2. The van der Waals surface area contributed by atoms with Gasteiger partial charge < -0.3 is 15.2 Å². The van der Waals surface area contributed by atoms with Crippen LogP contribution in [0.25, 0.3) is 0 Å². The normalized spacial score (nSPS) is 10.1. The van der Waals surface area contributed by atoms with Crippen molar-refractivity contribution in [2.24, 2.45) is 0 Å². The summed E-state index contributed by atoms with van der Waals surface area (Å²) >= 11 is 8.49. The first-order chi connectivity index (χ1) is 11.5. The third kappa shape index (κ3) is 5.50. The van der Waals surface area contributed by atoms with Gasteiger partial charge in [0.15, 0.2) is 11.7 Å². The molecule has 0 radical (unpaired) electrons. The molecule has 2 rings (SSSR count). The molecule has 0 aliphatic rings. The van der Waals surface area contributed by atoms with Crippen LogP contribution in [0.2, 0.25) is 0 Å². The Bertz CT molecular complexity index is 735. The van der Waals surface area contributed by atoms with Gasteiger partial charge in [-0.05, 0) is 76.5 Å². The zero-order valence-electron chi connectivity index (χ0n) is 13.0. The Morgan fingerprint density at radius 1 is 1.25 bits per heavy atom. The van der Waals surface area contributed by atoms with E-state index in [0.29, 0.717) is 11.4 Å². The van der Waals surface area contributed by atoms with Crippen molar-refractivity contribution >= 4 is 44.9 Å². The van der Waals surface area contributed by atoms with Crippen LogP contribution in [0.3, 0.4) is 0 Å². The van der Waals surface area contributed by atoms with Crippen molar-refractivity contribution < 1.29 is 14.6 Å². The quantitative estimate of drug-likeness (QED) is 0.520. The molecule has 0 aliphatic heterocycles. The summed E-state index contributed by atoms with van der Waals surface area (Å²) in [5.41, 5.74) is 1.84. The summed E-state index contributed by atoms with van der Waals surface area (Å²) in [7, 11) is 0. The Kier molecular flexibility index (Phi) is 6.57. The third-order valence-corrected chi connectivity index (χ3v) is 3.97. The van der Waals surface area contributed by atoms with E-state index >= 15 is 0 Å². The average molecular weight is 409 g/mol. The van der Waals surface area contributed by atoms with Crippen molar-refractivity contribution in [2.45, 2.75) is 13.3 Å². The van der Waals surface area contributed by atoms with E-state index in [4.69, 9.17) is 17.0 Å². The molecule has 3 N–H and O–H groups in total. The number of carbonyl (C=O) groups is 1. The summed E-state index contributed by atoms with van der Waals surface area (Å²) in [6.07, 6.45) is 0.927. The molecule has 0 atom stereocenters. The standard InChI is InChI=1S/C17H17BrN2O3S/c1-2-11-3-8-15(14(18)9-11)23-10-16(22)20-17(24)19-12-4-6-13(21)7-5-12/h3-9,21H,2,10H2,1H3,(H2,19,20,22,24). The van der Waals surface area contributed by atoms with E-state index in [-0.39, 0.29) is 23.4 Å². The SMILES string of the molecule is CCc1ccc(OCC(=O)NC(=S)Nc2ccc(O)cc2)c(Br)c1. The maximum Gasteiger partial charge on any atom is 0.264 e. The number of aryl methyl sites for hydroxylation is 1. The molecule has 0 saturated heterocycles. The summed E-state index contributed by atoms with van der Waals surface area (Å²) in [6.45, 7) is 1.92. The van der Waals surface area contributed by atoms with E-state index in [2.05, 4.69) is 33.5 Å². The van der Waals surface area contributed by atoms with Crippen molar-refractivity contribution in [3.63, 3.8) is 0 Å². The smallest absolute Gasteiger partial charge is 0.264 e. The van der Waals surface area contributed by atoms with Crippen molar-refractivity contribution in [2.75, 3.05) is 11.9 Å². The number of benzene rings is 2. The predicted octanol–water partition coefficient (Wildman–Crippen LogP) is 3.61. The number of hydrogen-bond donors (Lipinski definition) is 3. The van der Waals surface area contributed by atoms with Gasteiger partial charge in [0, 0.05) is 5.69 Å². The maximum absolute atomic E-state index is 11.9. The van der Waals surface area contributed by atoms with Crippen molar-refractivity contribution in [1.82, 2.24) is 5.32 Å². The number of aromatic hydroxyl groups is 1. The second kappa shape index (κ2) is 8.65. The molecule has 5 nitrogen and oxygen atoms in total. The van der Waals surface area contributed by atoms with Gasteiger partial charge in [-0.3, -0.25) is 10.1 Å². The lowest BCUT2D eigenvalue weighted by Gasteiger charge is -2.11. The Morgan fingerprint density at radius 3 is 2.58 bits per heavy atom. The molecule has 2 aromatic rings. The molecule has 24 heavy (non-hydrogen) atoms. The molecule has 2 aromatic carbocycles. The molecule has 0 spiro atoms. The number of thiocarbonyl (C=S) groups is 1. The first kappa shape index (κ1) is 18.2. The van der Waals surface area contributed by atoms with Gasteiger partial charge in [-0.2, -0.15) is 0 Å². The van der Waals surface area contributed by atoms with Crippen LogP contribution in [0.15, 0.2) is 46.9 Å². The fourth-order valence-corrected chi connectivity index (χ4v) is 2.67. The molecule has 0 heterocycles. The minimum Gasteiger partial charge on any atom is -0.508 e. The first-order valence-corrected chi connectivity index (χ1v) is 8.49. The van der Waals surface area contributed by atoms with Crippen LogP contribution in [0.1, 0.15) is 12.5 Å². The maximum atomic E-state index is 11.9. The minimum atomic E-state index is -0.363. The molecule has 0 aliphatic carbocycles. The van der Waals surface area contributed by atoms with Gasteiger partial charge in [0.05, 0.1) is 4.47 Å². The van der Waals surface area contributed by atoms with E-state index in [1.54, 1.807) is 12.1 Å². The highest BCUT2D eigenvalue weighted by Crippen LogP contribution is 2.26. The highest BCUT2D eigenvalue weighted by atomic mass is 79.9. The van der Waals surface area contributed by atoms with Crippen LogP contribution in [0.4, 0.5) is 5.69 Å². The Balaban J connectivity index is 1.82.